The summed E-state index contributed by atoms with van der Waals surface area (Å²) in [6.07, 6.45) is 7.36. The number of hydrogen-bond donors (Lipinski definition) is 3. The summed E-state index contributed by atoms with van der Waals surface area (Å²) in [6.45, 7) is 2.86. The average molecular weight is 321 g/mol. The predicted octanol–water partition coefficient (Wildman–Crippen LogP) is 2.87. The summed E-state index contributed by atoms with van der Waals surface area (Å²) in [5.74, 6) is 1.65. The highest BCUT2D eigenvalue weighted by Gasteiger charge is 2.16. The van der Waals surface area contributed by atoms with Crippen LogP contribution in [0.3, 0.4) is 0 Å². The number of aliphatic hydroxyl groups excluding tert-OH is 2. The van der Waals surface area contributed by atoms with Gasteiger partial charge in [-0.15, -0.1) is 0 Å². The quantitative estimate of drug-likeness (QED) is 0.654. The van der Waals surface area contributed by atoms with Gasteiger partial charge in [0.1, 0.15) is 18.5 Å². The molecule has 1 aliphatic rings. The minimum atomic E-state index is -0.832. The van der Waals surface area contributed by atoms with Gasteiger partial charge < -0.3 is 20.3 Å². The Hall–Kier alpha value is -1.10. The summed E-state index contributed by atoms with van der Waals surface area (Å²) < 4.78 is 5.62. The molecule has 0 radical (unpaired) electrons. The molecule has 0 bridgehead atoms. The first-order valence-electron chi connectivity index (χ1n) is 8.92. The fraction of sp³-hybridized carbons (Fsp3) is 0.684. The lowest BCUT2D eigenvalue weighted by Crippen LogP contribution is -2.29. The van der Waals surface area contributed by atoms with E-state index in [0.29, 0.717) is 6.04 Å². The second-order valence-corrected chi connectivity index (χ2v) is 6.78. The molecule has 0 saturated heterocycles. The molecule has 2 rings (SSSR count). The van der Waals surface area contributed by atoms with Gasteiger partial charge in [-0.3, -0.25) is 0 Å². The molecule has 1 aromatic carbocycles. The summed E-state index contributed by atoms with van der Waals surface area (Å²) in [6, 6.07) is 8.37. The van der Waals surface area contributed by atoms with E-state index in [1.54, 1.807) is 0 Å². The van der Waals surface area contributed by atoms with Crippen molar-refractivity contribution < 1.29 is 14.9 Å². The molecule has 1 aliphatic carbocycles. The summed E-state index contributed by atoms with van der Waals surface area (Å²) >= 11 is 0. The molecule has 4 heteroatoms. The van der Waals surface area contributed by atoms with E-state index < -0.39 is 6.10 Å². The lowest BCUT2D eigenvalue weighted by atomic mass is 9.85. The Morgan fingerprint density at radius 2 is 1.96 bits per heavy atom. The molecule has 1 aromatic rings. The van der Waals surface area contributed by atoms with E-state index in [-0.39, 0.29) is 13.2 Å². The molecule has 0 spiro atoms. The third kappa shape index (κ3) is 6.50. The van der Waals surface area contributed by atoms with Gasteiger partial charge in [0, 0.05) is 18.2 Å². The molecule has 2 atom stereocenters. The normalized spacial score (nSPS) is 18.6. The first-order valence-corrected chi connectivity index (χ1v) is 8.92. The maximum atomic E-state index is 9.42. The molecule has 4 nitrogen and oxygen atoms in total. The topological polar surface area (TPSA) is 61.7 Å². The van der Waals surface area contributed by atoms with Crippen molar-refractivity contribution in [3.05, 3.63) is 29.8 Å². The Morgan fingerprint density at radius 1 is 1.22 bits per heavy atom. The first kappa shape index (κ1) is 18.2. The van der Waals surface area contributed by atoms with Gasteiger partial charge in [-0.1, -0.05) is 50.3 Å². The Labute approximate surface area is 139 Å². The van der Waals surface area contributed by atoms with Crippen molar-refractivity contribution in [3.8, 4) is 5.75 Å². The van der Waals surface area contributed by atoms with Crippen LogP contribution in [-0.4, -0.2) is 35.6 Å². The van der Waals surface area contributed by atoms with Crippen molar-refractivity contribution >= 4 is 0 Å². The zero-order valence-electron chi connectivity index (χ0n) is 14.2. The smallest absolute Gasteiger partial charge is 0.123 e. The summed E-state index contributed by atoms with van der Waals surface area (Å²) in [7, 11) is 0. The number of rotatable bonds is 9. The van der Waals surface area contributed by atoms with Crippen LogP contribution in [0, 0.1) is 5.92 Å². The SMILES string of the molecule is C[C@@H](CC1CCCCC1)NCc1ccccc1OC[C@H](O)CO. The van der Waals surface area contributed by atoms with Crippen LogP contribution in [0.15, 0.2) is 24.3 Å². The van der Waals surface area contributed by atoms with E-state index in [1.165, 1.54) is 38.5 Å². The summed E-state index contributed by atoms with van der Waals surface area (Å²) in [5, 5.41) is 21.9. The van der Waals surface area contributed by atoms with E-state index >= 15 is 0 Å². The van der Waals surface area contributed by atoms with Gasteiger partial charge in [0.2, 0.25) is 0 Å². The third-order valence-electron chi connectivity index (χ3n) is 4.67. The van der Waals surface area contributed by atoms with E-state index in [1.807, 2.05) is 24.3 Å². The predicted molar refractivity (Wildman–Crippen MR) is 92.5 cm³/mol. The van der Waals surface area contributed by atoms with Crippen molar-refractivity contribution in [3.63, 3.8) is 0 Å². The molecular formula is C19H31NO3. The second kappa shape index (κ2) is 9.91. The van der Waals surface area contributed by atoms with Gasteiger partial charge >= 0.3 is 0 Å². The molecular weight excluding hydrogens is 290 g/mol. The Kier molecular flexibility index (Phi) is 7.86. The molecule has 0 unspecified atom stereocenters. The van der Waals surface area contributed by atoms with Crippen molar-refractivity contribution in [2.24, 2.45) is 5.92 Å². The van der Waals surface area contributed by atoms with E-state index in [4.69, 9.17) is 9.84 Å². The molecule has 1 fully saturated rings. The molecule has 23 heavy (non-hydrogen) atoms. The summed E-state index contributed by atoms with van der Waals surface area (Å²) in [4.78, 5) is 0. The highest BCUT2D eigenvalue weighted by atomic mass is 16.5. The minimum Gasteiger partial charge on any atom is -0.490 e. The maximum absolute atomic E-state index is 9.42. The highest BCUT2D eigenvalue weighted by Crippen LogP contribution is 2.27. The van der Waals surface area contributed by atoms with E-state index in [2.05, 4.69) is 12.2 Å². The molecule has 3 N–H and O–H groups in total. The average Bonchev–Trinajstić information content (AvgIpc) is 2.59. The van der Waals surface area contributed by atoms with Crippen molar-refractivity contribution in [2.75, 3.05) is 13.2 Å². The highest BCUT2D eigenvalue weighted by molar-refractivity contribution is 5.33. The van der Waals surface area contributed by atoms with Gasteiger partial charge in [0.25, 0.3) is 0 Å². The van der Waals surface area contributed by atoms with Crippen LogP contribution in [0.2, 0.25) is 0 Å². The standard InChI is InChI=1S/C19H31NO3/c1-15(11-16-7-3-2-4-8-16)20-12-17-9-5-6-10-19(17)23-14-18(22)13-21/h5-6,9-10,15-16,18,20-22H,2-4,7-8,11-14H2,1H3/t15-,18+/m0/s1. The monoisotopic (exact) mass is 321 g/mol. The molecule has 130 valence electrons. The van der Waals surface area contributed by atoms with Crippen molar-refractivity contribution in [2.45, 2.75) is 64.1 Å². The molecule has 1 saturated carbocycles. The van der Waals surface area contributed by atoms with Crippen LogP contribution in [0.5, 0.6) is 5.75 Å². The lowest BCUT2D eigenvalue weighted by Gasteiger charge is -2.25. The number of aliphatic hydroxyl groups is 2. The largest absolute Gasteiger partial charge is 0.490 e. The van der Waals surface area contributed by atoms with Crippen LogP contribution < -0.4 is 10.1 Å². The summed E-state index contributed by atoms with van der Waals surface area (Å²) in [5.41, 5.74) is 1.09. The molecule has 0 heterocycles. The second-order valence-electron chi connectivity index (χ2n) is 6.78. The van der Waals surface area contributed by atoms with Gasteiger partial charge in [-0.2, -0.15) is 0 Å². The Balaban J connectivity index is 1.79. The van der Waals surface area contributed by atoms with E-state index in [0.717, 1.165) is 23.8 Å². The fourth-order valence-corrected chi connectivity index (χ4v) is 3.32. The van der Waals surface area contributed by atoms with Crippen LogP contribution in [0.1, 0.15) is 51.0 Å². The number of ether oxygens (including phenoxy) is 1. The van der Waals surface area contributed by atoms with Crippen LogP contribution in [-0.2, 0) is 6.54 Å². The van der Waals surface area contributed by atoms with Crippen molar-refractivity contribution in [1.29, 1.82) is 0 Å². The number of benzene rings is 1. The van der Waals surface area contributed by atoms with Crippen LogP contribution in [0.25, 0.3) is 0 Å². The minimum absolute atomic E-state index is 0.116. The van der Waals surface area contributed by atoms with Gasteiger partial charge in [-0.05, 0) is 25.3 Å². The third-order valence-corrected chi connectivity index (χ3v) is 4.67. The van der Waals surface area contributed by atoms with Crippen molar-refractivity contribution in [1.82, 2.24) is 5.32 Å². The van der Waals surface area contributed by atoms with E-state index in [9.17, 15) is 5.11 Å². The van der Waals surface area contributed by atoms with Gasteiger partial charge in [0.15, 0.2) is 0 Å². The number of hydrogen-bond acceptors (Lipinski definition) is 4. The molecule has 0 aromatic heterocycles. The maximum Gasteiger partial charge on any atom is 0.123 e. The fourth-order valence-electron chi connectivity index (χ4n) is 3.32. The number of nitrogens with one attached hydrogen (secondary N) is 1. The lowest BCUT2D eigenvalue weighted by molar-refractivity contribution is 0.0532. The van der Waals surface area contributed by atoms with Crippen LogP contribution in [0.4, 0.5) is 0 Å². The molecule has 0 amide bonds. The zero-order chi connectivity index (χ0) is 16.5. The zero-order valence-corrected chi connectivity index (χ0v) is 14.2. The van der Waals surface area contributed by atoms with Gasteiger partial charge in [-0.25, -0.2) is 0 Å². The number of para-hydroxylation sites is 1. The van der Waals surface area contributed by atoms with Gasteiger partial charge in [0.05, 0.1) is 6.61 Å². The first-order chi connectivity index (χ1) is 11.2. The Morgan fingerprint density at radius 3 is 2.70 bits per heavy atom. The van der Waals surface area contributed by atoms with Crippen LogP contribution >= 0.6 is 0 Å². The molecule has 0 aliphatic heterocycles. The Bertz CT molecular complexity index is 446.